The summed E-state index contributed by atoms with van der Waals surface area (Å²) in [5.74, 6) is 0.600. The number of hydrogen-bond donors (Lipinski definition) is 1. The van der Waals surface area contributed by atoms with Crippen molar-refractivity contribution in [2.45, 2.75) is 45.7 Å². The smallest absolute Gasteiger partial charge is 0.272 e. The van der Waals surface area contributed by atoms with Gasteiger partial charge in [0.05, 0.1) is 5.69 Å². The van der Waals surface area contributed by atoms with Crippen molar-refractivity contribution in [1.29, 1.82) is 0 Å². The number of rotatable bonds is 2. The summed E-state index contributed by atoms with van der Waals surface area (Å²) >= 11 is 0. The zero-order valence-electron chi connectivity index (χ0n) is 12.6. The minimum absolute atomic E-state index is 0.0628. The van der Waals surface area contributed by atoms with Crippen LogP contribution in [0.25, 0.3) is 0 Å². The van der Waals surface area contributed by atoms with Gasteiger partial charge in [-0.2, -0.15) is 5.10 Å². The molecule has 0 bridgehead atoms. The van der Waals surface area contributed by atoms with E-state index in [0.29, 0.717) is 31.1 Å². The van der Waals surface area contributed by atoms with Crippen molar-refractivity contribution < 1.29 is 9.59 Å². The van der Waals surface area contributed by atoms with Gasteiger partial charge in [0.1, 0.15) is 5.69 Å². The van der Waals surface area contributed by atoms with Crippen LogP contribution in [0.4, 0.5) is 0 Å². The molecule has 2 aliphatic rings. The zero-order valence-corrected chi connectivity index (χ0v) is 12.6. The average Bonchev–Trinajstić information content (AvgIpc) is 2.87. The number of amides is 2. The fraction of sp³-hybridized carbons (Fsp3) is 0.667. The lowest BCUT2D eigenvalue weighted by Gasteiger charge is -2.41. The number of piperidine rings is 2. The van der Waals surface area contributed by atoms with Gasteiger partial charge in [0, 0.05) is 32.1 Å². The van der Waals surface area contributed by atoms with Gasteiger partial charge in [-0.15, -0.1) is 0 Å². The first-order valence-corrected chi connectivity index (χ1v) is 7.71. The molecule has 6 nitrogen and oxygen atoms in total. The van der Waals surface area contributed by atoms with Gasteiger partial charge in [-0.25, -0.2) is 0 Å². The summed E-state index contributed by atoms with van der Waals surface area (Å²) in [6, 6.07) is 2.11. The summed E-state index contributed by atoms with van der Waals surface area (Å²) in [5, 5.41) is 7.40. The molecule has 21 heavy (non-hydrogen) atoms. The summed E-state index contributed by atoms with van der Waals surface area (Å²) in [5.41, 5.74) is 1.55. The van der Waals surface area contributed by atoms with Crippen LogP contribution in [0, 0.1) is 12.8 Å². The van der Waals surface area contributed by atoms with Crippen LogP contribution in [0.5, 0.6) is 0 Å². The van der Waals surface area contributed by atoms with Gasteiger partial charge in [0.2, 0.25) is 5.91 Å². The number of nitrogens with one attached hydrogen (secondary N) is 1. The molecule has 6 heteroatoms. The van der Waals surface area contributed by atoms with Gasteiger partial charge < -0.3 is 10.2 Å². The molecule has 2 unspecified atom stereocenters. The normalized spacial score (nSPS) is 25.4. The second-order valence-electron chi connectivity index (χ2n) is 6.00. The Kier molecular flexibility index (Phi) is 3.69. The molecular weight excluding hydrogens is 268 g/mol. The number of fused-ring (bicyclic) bond motifs is 1. The van der Waals surface area contributed by atoms with Gasteiger partial charge in [0.25, 0.3) is 5.91 Å². The van der Waals surface area contributed by atoms with E-state index < -0.39 is 0 Å². The molecule has 1 aromatic rings. The molecule has 2 saturated heterocycles. The molecule has 2 fully saturated rings. The van der Waals surface area contributed by atoms with Crippen LogP contribution in [0.1, 0.15) is 42.4 Å². The number of nitrogens with zero attached hydrogens (tertiary/aromatic N) is 3. The van der Waals surface area contributed by atoms with Crippen molar-refractivity contribution in [3.63, 3.8) is 0 Å². The van der Waals surface area contributed by atoms with E-state index >= 15 is 0 Å². The molecule has 2 aliphatic heterocycles. The van der Waals surface area contributed by atoms with E-state index in [4.69, 9.17) is 0 Å². The van der Waals surface area contributed by atoms with Crippen LogP contribution in [-0.2, 0) is 11.3 Å². The molecular formula is C15H22N4O2. The second-order valence-corrected chi connectivity index (χ2v) is 6.00. The van der Waals surface area contributed by atoms with Crippen molar-refractivity contribution in [2.75, 3.05) is 13.1 Å². The third-order valence-corrected chi connectivity index (χ3v) is 4.53. The molecule has 0 radical (unpaired) electrons. The van der Waals surface area contributed by atoms with Crippen molar-refractivity contribution in [3.05, 3.63) is 17.5 Å². The van der Waals surface area contributed by atoms with Crippen molar-refractivity contribution >= 4 is 11.8 Å². The lowest BCUT2D eigenvalue weighted by molar-refractivity contribution is -0.125. The predicted molar refractivity (Wildman–Crippen MR) is 77.8 cm³/mol. The summed E-state index contributed by atoms with van der Waals surface area (Å²) in [6.45, 7) is 6.04. The first kappa shape index (κ1) is 14.1. The SMILES string of the molecule is CCn1nc(C)cc1C(=O)N1CCC2NC(=O)CCC2C1. The van der Waals surface area contributed by atoms with Gasteiger partial charge in [-0.1, -0.05) is 0 Å². The first-order valence-electron chi connectivity index (χ1n) is 7.71. The maximum Gasteiger partial charge on any atom is 0.272 e. The Morgan fingerprint density at radius 2 is 2.29 bits per heavy atom. The number of hydrogen-bond acceptors (Lipinski definition) is 3. The maximum absolute atomic E-state index is 12.7. The van der Waals surface area contributed by atoms with Crippen molar-refractivity contribution in [3.8, 4) is 0 Å². The first-order chi connectivity index (χ1) is 10.1. The third-order valence-electron chi connectivity index (χ3n) is 4.53. The van der Waals surface area contributed by atoms with Crippen LogP contribution in [0.3, 0.4) is 0 Å². The van der Waals surface area contributed by atoms with Crippen LogP contribution in [0.2, 0.25) is 0 Å². The minimum atomic E-state index is 0.0628. The Morgan fingerprint density at radius 1 is 1.48 bits per heavy atom. The van der Waals surface area contributed by atoms with E-state index in [0.717, 1.165) is 25.1 Å². The quantitative estimate of drug-likeness (QED) is 0.882. The fourth-order valence-corrected chi connectivity index (χ4v) is 3.42. The van der Waals surface area contributed by atoms with E-state index in [2.05, 4.69) is 10.4 Å². The van der Waals surface area contributed by atoms with Gasteiger partial charge in [-0.3, -0.25) is 14.3 Å². The predicted octanol–water partition coefficient (Wildman–Crippen LogP) is 0.952. The lowest BCUT2D eigenvalue weighted by atomic mass is 9.85. The highest BCUT2D eigenvalue weighted by molar-refractivity contribution is 5.92. The largest absolute Gasteiger partial charge is 0.353 e. The Bertz CT molecular complexity index is 566. The molecule has 0 spiro atoms. The van der Waals surface area contributed by atoms with E-state index in [1.807, 2.05) is 24.8 Å². The van der Waals surface area contributed by atoms with E-state index in [1.165, 1.54) is 0 Å². The number of likely N-dealkylation sites (tertiary alicyclic amines) is 1. The van der Waals surface area contributed by atoms with Crippen LogP contribution in [-0.4, -0.2) is 45.6 Å². The summed E-state index contributed by atoms with van der Waals surface area (Å²) in [6.07, 6.45) is 2.31. The number of carbonyl (C=O) groups is 2. The summed E-state index contributed by atoms with van der Waals surface area (Å²) in [7, 11) is 0. The third kappa shape index (κ3) is 2.66. The van der Waals surface area contributed by atoms with Gasteiger partial charge >= 0.3 is 0 Å². The number of aromatic nitrogens is 2. The highest BCUT2D eigenvalue weighted by atomic mass is 16.2. The molecule has 3 heterocycles. The van der Waals surface area contributed by atoms with Gasteiger partial charge in [-0.05, 0) is 38.7 Å². The van der Waals surface area contributed by atoms with Crippen molar-refractivity contribution in [2.24, 2.45) is 5.92 Å². The highest BCUT2D eigenvalue weighted by Crippen LogP contribution is 2.26. The van der Waals surface area contributed by atoms with E-state index in [-0.39, 0.29) is 17.9 Å². The molecule has 0 aliphatic carbocycles. The van der Waals surface area contributed by atoms with Gasteiger partial charge in [0.15, 0.2) is 0 Å². The fourth-order valence-electron chi connectivity index (χ4n) is 3.42. The Hall–Kier alpha value is -1.85. The van der Waals surface area contributed by atoms with Crippen LogP contribution >= 0.6 is 0 Å². The molecule has 0 saturated carbocycles. The summed E-state index contributed by atoms with van der Waals surface area (Å²) < 4.78 is 1.77. The molecule has 0 aromatic carbocycles. The maximum atomic E-state index is 12.7. The summed E-state index contributed by atoms with van der Waals surface area (Å²) in [4.78, 5) is 26.1. The lowest BCUT2D eigenvalue weighted by Crippen LogP contribution is -2.55. The van der Waals surface area contributed by atoms with E-state index in [9.17, 15) is 9.59 Å². The molecule has 3 rings (SSSR count). The standard InChI is InChI=1S/C15H22N4O2/c1-3-19-13(8-10(2)17-19)15(21)18-7-6-12-11(9-18)4-5-14(20)16-12/h8,11-12H,3-7,9H2,1-2H3,(H,16,20). The highest BCUT2D eigenvalue weighted by Gasteiger charge is 2.36. The van der Waals surface area contributed by atoms with Crippen molar-refractivity contribution in [1.82, 2.24) is 20.0 Å². The number of carbonyl (C=O) groups excluding carboxylic acids is 2. The molecule has 114 valence electrons. The topological polar surface area (TPSA) is 67.2 Å². The molecule has 1 N–H and O–H groups in total. The second kappa shape index (κ2) is 5.50. The van der Waals surface area contributed by atoms with Crippen LogP contribution in [0.15, 0.2) is 6.07 Å². The Morgan fingerprint density at radius 3 is 3.05 bits per heavy atom. The van der Waals surface area contributed by atoms with Crippen LogP contribution < -0.4 is 5.32 Å². The van der Waals surface area contributed by atoms with E-state index in [1.54, 1.807) is 4.68 Å². The average molecular weight is 290 g/mol. The molecule has 1 aromatic heterocycles. The molecule has 2 amide bonds. The number of aryl methyl sites for hydroxylation is 2. The minimum Gasteiger partial charge on any atom is -0.353 e. The Balaban J connectivity index is 1.73. The monoisotopic (exact) mass is 290 g/mol. The zero-order chi connectivity index (χ0) is 15.0. The Labute approximate surface area is 124 Å². The molecule has 2 atom stereocenters.